The van der Waals surface area contributed by atoms with E-state index < -0.39 is 0 Å². The van der Waals surface area contributed by atoms with Gasteiger partial charge in [0.05, 0.1) is 7.11 Å². The van der Waals surface area contributed by atoms with Gasteiger partial charge in [-0.15, -0.1) is 0 Å². The van der Waals surface area contributed by atoms with Crippen molar-refractivity contribution in [1.82, 2.24) is 4.90 Å². The summed E-state index contributed by atoms with van der Waals surface area (Å²) in [6.07, 6.45) is 1.60. The molecule has 0 spiro atoms. The number of carbonyl (C=O) groups is 1. The van der Waals surface area contributed by atoms with Crippen LogP contribution in [0.15, 0.2) is 82.8 Å². The number of nitrogens with zero attached hydrogens (tertiary/aromatic N) is 3. The van der Waals surface area contributed by atoms with Crippen LogP contribution < -0.4 is 14.4 Å². The van der Waals surface area contributed by atoms with E-state index >= 15 is 0 Å². The summed E-state index contributed by atoms with van der Waals surface area (Å²) >= 11 is 3.55. The van der Waals surface area contributed by atoms with Crippen molar-refractivity contribution in [2.45, 2.75) is 6.61 Å². The van der Waals surface area contributed by atoms with Crippen LogP contribution in [-0.4, -0.2) is 44.1 Å². The molecule has 3 aromatic rings. The van der Waals surface area contributed by atoms with Crippen LogP contribution in [0.3, 0.4) is 0 Å². The summed E-state index contributed by atoms with van der Waals surface area (Å²) in [5, 5.41) is 9.75. The molecule has 1 saturated heterocycles. The van der Waals surface area contributed by atoms with E-state index in [-0.39, 0.29) is 11.5 Å². The molecule has 0 atom stereocenters. The lowest BCUT2D eigenvalue weighted by molar-refractivity contribution is -0.126. The summed E-state index contributed by atoms with van der Waals surface area (Å²) < 4.78 is 12.2. The van der Waals surface area contributed by atoms with Crippen molar-refractivity contribution in [1.29, 1.82) is 5.26 Å². The number of benzene rings is 3. The zero-order valence-corrected chi connectivity index (χ0v) is 21.1. The van der Waals surface area contributed by atoms with Crippen LogP contribution >= 0.6 is 15.9 Å². The molecule has 0 aliphatic carbocycles. The lowest BCUT2D eigenvalue weighted by Gasteiger charge is -2.36. The number of hydrogen-bond acceptors (Lipinski definition) is 5. The molecular weight excluding hydrogens is 506 g/mol. The van der Waals surface area contributed by atoms with Gasteiger partial charge >= 0.3 is 0 Å². The molecule has 1 aliphatic rings. The van der Waals surface area contributed by atoms with Gasteiger partial charge in [0.2, 0.25) is 0 Å². The Labute approximate surface area is 214 Å². The van der Waals surface area contributed by atoms with Crippen molar-refractivity contribution in [3.8, 4) is 17.6 Å². The van der Waals surface area contributed by atoms with E-state index in [1.165, 1.54) is 0 Å². The smallest absolute Gasteiger partial charge is 0.264 e. The first-order valence-corrected chi connectivity index (χ1v) is 12.1. The van der Waals surface area contributed by atoms with Crippen LogP contribution in [0.25, 0.3) is 6.08 Å². The molecule has 6 nitrogen and oxygen atoms in total. The number of amides is 1. The van der Waals surface area contributed by atoms with Crippen molar-refractivity contribution in [2.24, 2.45) is 0 Å². The van der Waals surface area contributed by atoms with E-state index in [2.05, 4.69) is 39.0 Å². The predicted octanol–water partition coefficient (Wildman–Crippen LogP) is 5.29. The average molecular weight is 532 g/mol. The second-order valence-electron chi connectivity index (χ2n) is 8.08. The minimum atomic E-state index is -0.268. The molecule has 1 fully saturated rings. The summed E-state index contributed by atoms with van der Waals surface area (Å²) in [4.78, 5) is 17.1. The van der Waals surface area contributed by atoms with Gasteiger partial charge in [-0.2, -0.15) is 5.26 Å². The molecule has 0 unspecified atom stereocenters. The third kappa shape index (κ3) is 6.03. The normalized spacial score (nSPS) is 13.8. The number of halogens is 1. The maximum Gasteiger partial charge on any atom is 0.264 e. The molecule has 0 aromatic heterocycles. The molecular formula is C28H26BrN3O3. The van der Waals surface area contributed by atoms with Crippen LogP contribution in [0, 0.1) is 11.3 Å². The number of anilines is 1. The second kappa shape index (κ2) is 11.6. The maximum atomic E-state index is 13.1. The SMILES string of the molecule is COc1cc(/C=C(/C#N)C(=O)N2CCN(c3ccccc3)CC2)c(Br)cc1OCc1ccccc1. The molecule has 0 radical (unpaired) electrons. The highest BCUT2D eigenvalue weighted by Gasteiger charge is 2.24. The monoisotopic (exact) mass is 531 g/mol. The number of rotatable bonds is 7. The molecule has 0 N–H and O–H groups in total. The quantitative estimate of drug-likeness (QED) is 0.306. The van der Waals surface area contributed by atoms with Gasteiger partial charge in [-0.1, -0.05) is 64.5 Å². The van der Waals surface area contributed by atoms with Crippen molar-refractivity contribution in [2.75, 3.05) is 38.2 Å². The highest BCUT2D eigenvalue weighted by molar-refractivity contribution is 9.10. The molecule has 4 rings (SSSR count). The summed E-state index contributed by atoms with van der Waals surface area (Å²) in [6, 6.07) is 25.6. The van der Waals surface area contributed by atoms with Crippen LogP contribution in [0.4, 0.5) is 5.69 Å². The lowest BCUT2D eigenvalue weighted by Crippen LogP contribution is -2.49. The van der Waals surface area contributed by atoms with Gasteiger partial charge in [-0.05, 0) is 41.5 Å². The Kier molecular flexibility index (Phi) is 8.07. The molecule has 0 saturated carbocycles. The van der Waals surface area contributed by atoms with E-state index in [0.717, 1.165) is 24.3 Å². The Hall–Kier alpha value is -3.76. The number of para-hydroxylation sites is 1. The molecule has 1 aliphatic heterocycles. The van der Waals surface area contributed by atoms with Crippen molar-refractivity contribution in [3.05, 3.63) is 94.0 Å². The Balaban J connectivity index is 1.47. The van der Waals surface area contributed by atoms with Gasteiger partial charge in [0.1, 0.15) is 18.2 Å². The van der Waals surface area contributed by atoms with Gasteiger partial charge in [0, 0.05) is 36.3 Å². The van der Waals surface area contributed by atoms with Crippen molar-refractivity contribution >= 4 is 33.6 Å². The fourth-order valence-corrected chi connectivity index (χ4v) is 4.38. The Morgan fingerprint density at radius 2 is 1.66 bits per heavy atom. The van der Waals surface area contributed by atoms with Crippen LogP contribution in [-0.2, 0) is 11.4 Å². The summed E-state index contributed by atoms with van der Waals surface area (Å²) in [6.45, 7) is 2.96. The van der Waals surface area contributed by atoms with Gasteiger partial charge < -0.3 is 19.3 Å². The van der Waals surface area contributed by atoms with Crippen molar-refractivity contribution in [3.63, 3.8) is 0 Å². The number of nitriles is 1. The molecule has 1 heterocycles. The van der Waals surface area contributed by atoms with Crippen LogP contribution in [0.5, 0.6) is 11.5 Å². The molecule has 3 aromatic carbocycles. The molecule has 1 amide bonds. The first-order chi connectivity index (χ1) is 17.1. The zero-order chi connectivity index (χ0) is 24.6. The maximum absolute atomic E-state index is 13.1. The molecule has 0 bridgehead atoms. The summed E-state index contributed by atoms with van der Waals surface area (Å²) in [5.41, 5.74) is 2.93. The first-order valence-electron chi connectivity index (χ1n) is 11.3. The second-order valence-corrected chi connectivity index (χ2v) is 8.94. The largest absolute Gasteiger partial charge is 0.493 e. The highest BCUT2D eigenvalue weighted by atomic mass is 79.9. The third-order valence-corrected chi connectivity index (χ3v) is 6.55. The summed E-state index contributed by atoms with van der Waals surface area (Å²) in [7, 11) is 1.56. The summed E-state index contributed by atoms with van der Waals surface area (Å²) in [5.74, 6) is 0.828. The van der Waals surface area contributed by atoms with Gasteiger partial charge in [0.25, 0.3) is 5.91 Å². The molecule has 7 heteroatoms. The van der Waals surface area contributed by atoms with Crippen LogP contribution in [0.1, 0.15) is 11.1 Å². The molecule has 35 heavy (non-hydrogen) atoms. The van der Waals surface area contributed by atoms with E-state index in [0.29, 0.717) is 41.2 Å². The number of hydrogen-bond donors (Lipinski definition) is 0. The predicted molar refractivity (Wildman–Crippen MR) is 140 cm³/mol. The highest BCUT2D eigenvalue weighted by Crippen LogP contribution is 2.35. The zero-order valence-electron chi connectivity index (χ0n) is 19.5. The standard InChI is InChI=1S/C28H26BrN3O3/c1-34-26-17-22(25(29)18-27(26)35-20-21-8-4-2-5-9-21)16-23(19-30)28(33)32-14-12-31(13-15-32)24-10-6-3-7-11-24/h2-11,16-18H,12-15,20H2,1H3/b23-16-. The minimum Gasteiger partial charge on any atom is -0.493 e. The van der Waals surface area contributed by atoms with E-state index in [1.54, 1.807) is 30.2 Å². The van der Waals surface area contributed by atoms with Gasteiger partial charge in [0.15, 0.2) is 11.5 Å². The number of carbonyl (C=O) groups excluding carboxylic acids is 1. The van der Waals surface area contributed by atoms with E-state index in [1.807, 2.05) is 48.5 Å². The van der Waals surface area contributed by atoms with Gasteiger partial charge in [-0.25, -0.2) is 0 Å². The Bertz CT molecular complexity index is 1230. The first kappa shape index (κ1) is 24.4. The van der Waals surface area contributed by atoms with Crippen LogP contribution in [0.2, 0.25) is 0 Å². The fourth-order valence-electron chi connectivity index (χ4n) is 3.94. The number of methoxy groups -OCH3 is 1. The van der Waals surface area contributed by atoms with E-state index in [4.69, 9.17) is 9.47 Å². The third-order valence-electron chi connectivity index (χ3n) is 5.86. The molecule has 178 valence electrons. The Morgan fingerprint density at radius 3 is 2.29 bits per heavy atom. The lowest BCUT2D eigenvalue weighted by atomic mass is 10.1. The number of piperazine rings is 1. The minimum absolute atomic E-state index is 0.0823. The topological polar surface area (TPSA) is 65.8 Å². The Morgan fingerprint density at radius 1 is 1.00 bits per heavy atom. The van der Waals surface area contributed by atoms with E-state index in [9.17, 15) is 10.1 Å². The van der Waals surface area contributed by atoms with Crippen molar-refractivity contribution < 1.29 is 14.3 Å². The van der Waals surface area contributed by atoms with Gasteiger partial charge in [-0.3, -0.25) is 4.79 Å². The number of ether oxygens (including phenoxy) is 2. The average Bonchev–Trinajstić information content (AvgIpc) is 2.92. The fraction of sp³-hybridized carbons (Fsp3) is 0.214.